The molecule has 0 aliphatic rings. The van der Waals surface area contributed by atoms with Gasteiger partial charge in [0, 0.05) is 11.3 Å². The number of rotatable bonds is 5. The number of Topliss-reactive ketones (excluding diaryl/α,β-unsaturated/α-hetero) is 1. The Balaban J connectivity index is 1.76. The van der Waals surface area contributed by atoms with Crippen LogP contribution in [0.15, 0.2) is 66.7 Å². The zero-order valence-electron chi connectivity index (χ0n) is 16.6. The molecule has 3 aromatic carbocycles. The number of hydrogen-bond acceptors (Lipinski definition) is 3. The molecule has 0 saturated heterocycles. The van der Waals surface area contributed by atoms with Crippen LogP contribution in [0.3, 0.4) is 0 Å². The van der Waals surface area contributed by atoms with Crippen molar-refractivity contribution in [2.75, 3.05) is 5.73 Å². The van der Waals surface area contributed by atoms with E-state index in [0.29, 0.717) is 17.7 Å². The second-order valence-corrected chi connectivity index (χ2v) is 7.42. The minimum absolute atomic E-state index is 0.0303. The number of anilines is 1. The monoisotopic (exact) mass is 384 g/mol. The molecule has 0 saturated carbocycles. The Morgan fingerprint density at radius 1 is 0.897 bits per heavy atom. The van der Waals surface area contributed by atoms with Crippen LogP contribution in [0.4, 0.5) is 5.69 Å². The number of nitrogens with two attached hydrogens (primary N) is 1. The average Bonchev–Trinajstić information content (AvgIpc) is 2.98. The van der Waals surface area contributed by atoms with Crippen molar-refractivity contribution in [1.29, 1.82) is 5.41 Å². The third kappa shape index (κ3) is 3.47. The van der Waals surface area contributed by atoms with Gasteiger partial charge in [0.1, 0.15) is 0 Å². The number of aryl methyl sites for hydroxylation is 2. The molecule has 0 spiro atoms. The lowest BCUT2D eigenvalue weighted by molar-refractivity contribution is 0.0971. The molecule has 3 N–H and O–H groups in total. The maximum atomic E-state index is 13.0. The Labute approximate surface area is 169 Å². The second kappa shape index (κ2) is 7.43. The molecule has 146 valence electrons. The quantitative estimate of drug-likeness (QED) is 0.402. The third-order valence-electron chi connectivity index (χ3n) is 5.38. The Hall–Kier alpha value is -3.60. The first-order valence-corrected chi connectivity index (χ1v) is 9.62. The summed E-state index contributed by atoms with van der Waals surface area (Å²) < 4.78 is 3.72. The average molecular weight is 384 g/mol. The number of hydrogen-bond donors (Lipinski definition) is 2. The molecule has 4 rings (SSSR count). The van der Waals surface area contributed by atoms with Crippen LogP contribution in [0.2, 0.25) is 0 Å². The third-order valence-corrected chi connectivity index (χ3v) is 5.38. The fourth-order valence-corrected chi connectivity index (χ4v) is 3.75. The van der Waals surface area contributed by atoms with E-state index in [1.54, 1.807) is 4.57 Å². The highest BCUT2D eigenvalue weighted by molar-refractivity contribution is 5.97. The van der Waals surface area contributed by atoms with Crippen molar-refractivity contribution in [2.24, 2.45) is 0 Å². The molecular formula is C24H24N4O. The number of benzene rings is 3. The lowest BCUT2D eigenvalue weighted by Crippen LogP contribution is -2.27. The van der Waals surface area contributed by atoms with Crippen molar-refractivity contribution in [2.45, 2.75) is 26.9 Å². The maximum absolute atomic E-state index is 13.0. The Bertz CT molecular complexity index is 1240. The van der Waals surface area contributed by atoms with Crippen molar-refractivity contribution >= 4 is 22.5 Å². The molecule has 0 aliphatic heterocycles. The van der Waals surface area contributed by atoms with Crippen LogP contribution in [-0.2, 0) is 13.1 Å². The highest BCUT2D eigenvalue weighted by Gasteiger charge is 2.16. The molecule has 1 heterocycles. The summed E-state index contributed by atoms with van der Waals surface area (Å²) in [5, 5.41) is 8.75. The molecule has 1 aromatic heterocycles. The molecule has 5 nitrogen and oxygen atoms in total. The normalized spacial score (nSPS) is 11.1. The van der Waals surface area contributed by atoms with E-state index in [2.05, 4.69) is 0 Å². The van der Waals surface area contributed by atoms with Crippen LogP contribution >= 0.6 is 0 Å². The minimum Gasteiger partial charge on any atom is -0.398 e. The van der Waals surface area contributed by atoms with Crippen LogP contribution in [0, 0.1) is 19.3 Å². The zero-order chi connectivity index (χ0) is 20.5. The van der Waals surface area contributed by atoms with Crippen LogP contribution in [0.5, 0.6) is 0 Å². The number of para-hydroxylation sites is 2. The van der Waals surface area contributed by atoms with E-state index in [1.165, 1.54) is 0 Å². The van der Waals surface area contributed by atoms with Crippen molar-refractivity contribution in [1.82, 2.24) is 9.13 Å². The van der Waals surface area contributed by atoms with Gasteiger partial charge in [0.15, 0.2) is 5.78 Å². The summed E-state index contributed by atoms with van der Waals surface area (Å²) in [4.78, 5) is 13.0. The number of aromatic nitrogens is 2. The number of imidazole rings is 1. The van der Waals surface area contributed by atoms with Gasteiger partial charge in [-0.3, -0.25) is 10.2 Å². The smallest absolute Gasteiger partial charge is 0.203 e. The summed E-state index contributed by atoms with van der Waals surface area (Å²) in [6, 6.07) is 21.6. The molecule has 0 amide bonds. The van der Waals surface area contributed by atoms with Gasteiger partial charge in [-0.05, 0) is 54.8 Å². The van der Waals surface area contributed by atoms with Gasteiger partial charge in [0.05, 0.1) is 24.1 Å². The van der Waals surface area contributed by atoms with Gasteiger partial charge in [-0.15, -0.1) is 0 Å². The van der Waals surface area contributed by atoms with Crippen molar-refractivity contribution in [3.8, 4) is 0 Å². The van der Waals surface area contributed by atoms with E-state index < -0.39 is 0 Å². The predicted octanol–water partition coefficient (Wildman–Crippen LogP) is 4.05. The molecule has 0 atom stereocenters. The topological polar surface area (TPSA) is 76.8 Å². The summed E-state index contributed by atoms with van der Waals surface area (Å²) in [5.41, 5.74) is 12.4. The zero-order valence-corrected chi connectivity index (χ0v) is 16.6. The highest BCUT2D eigenvalue weighted by Crippen LogP contribution is 2.20. The molecule has 4 aromatic rings. The summed E-state index contributed by atoms with van der Waals surface area (Å²) >= 11 is 0. The van der Waals surface area contributed by atoms with Crippen molar-refractivity contribution in [3.05, 3.63) is 94.6 Å². The highest BCUT2D eigenvalue weighted by atomic mass is 16.1. The first kappa shape index (κ1) is 18.7. The van der Waals surface area contributed by atoms with Gasteiger partial charge in [-0.1, -0.05) is 42.5 Å². The lowest BCUT2D eigenvalue weighted by atomic mass is 10.0. The van der Waals surface area contributed by atoms with Crippen molar-refractivity contribution in [3.63, 3.8) is 0 Å². The van der Waals surface area contributed by atoms with Gasteiger partial charge < -0.3 is 14.9 Å². The van der Waals surface area contributed by atoms with Crippen LogP contribution in [0.1, 0.15) is 27.0 Å². The fraction of sp³-hybridized carbons (Fsp3) is 0.167. The van der Waals surface area contributed by atoms with Gasteiger partial charge in [0.25, 0.3) is 0 Å². The number of nitrogens with one attached hydrogen (secondary N) is 1. The molecule has 0 fully saturated rings. The summed E-state index contributed by atoms with van der Waals surface area (Å²) in [6.07, 6.45) is 0. The Kier molecular flexibility index (Phi) is 4.80. The molecule has 0 unspecified atom stereocenters. The van der Waals surface area contributed by atoms with E-state index >= 15 is 0 Å². The molecule has 0 aliphatic carbocycles. The van der Waals surface area contributed by atoms with Gasteiger partial charge in [0.2, 0.25) is 5.62 Å². The largest absolute Gasteiger partial charge is 0.398 e. The Morgan fingerprint density at radius 2 is 1.45 bits per heavy atom. The van der Waals surface area contributed by atoms with Crippen LogP contribution < -0.4 is 11.4 Å². The van der Waals surface area contributed by atoms with Crippen molar-refractivity contribution < 1.29 is 4.79 Å². The number of fused-ring (bicyclic) bond motifs is 1. The number of nitrogen functional groups attached to an aromatic ring is 1. The maximum Gasteiger partial charge on any atom is 0.203 e. The molecule has 0 radical (unpaired) electrons. The number of nitrogens with zero attached hydrogens (tertiary/aromatic N) is 2. The molecule has 0 bridgehead atoms. The van der Waals surface area contributed by atoms with E-state index in [0.717, 1.165) is 33.4 Å². The van der Waals surface area contributed by atoms with E-state index in [9.17, 15) is 4.79 Å². The SMILES string of the molecule is Cc1cc(C(=O)Cn2c(=N)n(Cc3ccccc3)c3ccccc32)cc(C)c1N. The number of carbonyl (C=O) groups is 1. The predicted molar refractivity (Wildman–Crippen MR) is 116 cm³/mol. The standard InChI is InChI=1S/C24H24N4O/c1-16-12-19(13-17(2)23(16)25)22(29)15-28-21-11-7-6-10-20(21)27(24(28)26)14-18-8-4-3-5-9-18/h3-13,26H,14-15,25H2,1-2H3. The molecule has 5 heteroatoms. The first-order valence-electron chi connectivity index (χ1n) is 9.62. The molecular weight excluding hydrogens is 360 g/mol. The lowest BCUT2D eigenvalue weighted by Gasteiger charge is -2.09. The number of carbonyl (C=O) groups excluding carboxylic acids is 1. The van der Waals surface area contributed by atoms with Gasteiger partial charge in [-0.2, -0.15) is 0 Å². The van der Waals surface area contributed by atoms with Crippen LogP contribution in [0.25, 0.3) is 11.0 Å². The Morgan fingerprint density at radius 3 is 2.07 bits per heavy atom. The van der Waals surface area contributed by atoms with E-state index in [1.807, 2.05) is 85.1 Å². The second-order valence-electron chi connectivity index (χ2n) is 7.42. The first-order chi connectivity index (χ1) is 14.0. The fourth-order valence-electron chi connectivity index (χ4n) is 3.75. The van der Waals surface area contributed by atoms with Gasteiger partial charge >= 0.3 is 0 Å². The summed E-state index contributed by atoms with van der Waals surface area (Å²) in [5.74, 6) is -0.0303. The van der Waals surface area contributed by atoms with E-state index in [-0.39, 0.29) is 12.3 Å². The van der Waals surface area contributed by atoms with E-state index in [4.69, 9.17) is 11.1 Å². The molecule has 29 heavy (non-hydrogen) atoms. The summed E-state index contributed by atoms with van der Waals surface area (Å²) in [7, 11) is 0. The van der Waals surface area contributed by atoms with Crippen LogP contribution in [-0.4, -0.2) is 14.9 Å². The number of ketones is 1. The summed E-state index contributed by atoms with van der Waals surface area (Å²) in [6.45, 7) is 4.52. The minimum atomic E-state index is -0.0303. The van der Waals surface area contributed by atoms with Gasteiger partial charge in [-0.25, -0.2) is 0 Å².